The molecule has 0 N–H and O–H groups in total. The maximum atomic E-state index is 4.18. The van der Waals surface area contributed by atoms with Crippen LogP contribution in [0.5, 0.6) is 0 Å². The van der Waals surface area contributed by atoms with Crippen LogP contribution in [0.3, 0.4) is 0 Å². The first-order valence-corrected chi connectivity index (χ1v) is 3.75. The van der Waals surface area contributed by atoms with Gasteiger partial charge in [-0.15, -0.1) is 0 Å². The van der Waals surface area contributed by atoms with Gasteiger partial charge in [-0.05, 0) is 6.07 Å². The zero-order valence-corrected chi connectivity index (χ0v) is 6.31. The van der Waals surface area contributed by atoms with E-state index >= 15 is 0 Å². The summed E-state index contributed by atoms with van der Waals surface area (Å²) in [5, 5.41) is 0. The standard InChI is InChI=1S/C8H6N4/c1-2-10-8-6(1)7-3-9-4-12(7)5-11-8/h1-3,5H,4H2. The van der Waals surface area contributed by atoms with Crippen LogP contribution >= 0.6 is 0 Å². The third-order valence-corrected chi connectivity index (χ3v) is 2.03. The lowest BCUT2D eigenvalue weighted by Gasteiger charge is -2.04. The Kier molecular flexibility index (Phi) is 0.935. The minimum atomic E-state index is 0.684. The highest BCUT2D eigenvalue weighted by Gasteiger charge is 2.14. The van der Waals surface area contributed by atoms with Crippen molar-refractivity contribution in [2.45, 2.75) is 6.67 Å². The number of hydrogen-bond donors (Lipinski definition) is 0. The first-order chi connectivity index (χ1) is 5.95. The Morgan fingerprint density at radius 3 is 3.33 bits per heavy atom. The van der Waals surface area contributed by atoms with Crippen LogP contribution in [0.2, 0.25) is 0 Å². The normalized spacial score (nSPS) is 14.0. The predicted octanol–water partition coefficient (Wildman–Crippen LogP) is 0.773. The van der Waals surface area contributed by atoms with Gasteiger partial charge in [0.25, 0.3) is 0 Å². The maximum Gasteiger partial charge on any atom is 0.163 e. The predicted molar refractivity (Wildman–Crippen MR) is 44.2 cm³/mol. The van der Waals surface area contributed by atoms with Gasteiger partial charge in [0.2, 0.25) is 0 Å². The topological polar surface area (TPSA) is 43.1 Å². The highest BCUT2D eigenvalue weighted by Crippen LogP contribution is 2.22. The third-order valence-electron chi connectivity index (χ3n) is 2.03. The van der Waals surface area contributed by atoms with E-state index in [9.17, 15) is 0 Å². The summed E-state index contributed by atoms with van der Waals surface area (Å²) in [7, 11) is 0. The molecular weight excluding hydrogens is 152 g/mol. The Labute approximate surface area is 68.9 Å². The van der Waals surface area contributed by atoms with E-state index in [-0.39, 0.29) is 0 Å². The summed E-state index contributed by atoms with van der Waals surface area (Å²) >= 11 is 0. The number of fused-ring (bicyclic) bond motifs is 3. The molecule has 0 aliphatic carbocycles. The molecule has 0 atom stereocenters. The fraction of sp³-hybridized carbons (Fsp3) is 0.125. The van der Waals surface area contributed by atoms with Crippen molar-refractivity contribution >= 4 is 6.21 Å². The second-order valence-corrected chi connectivity index (χ2v) is 2.73. The summed E-state index contributed by atoms with van der Waals surface area (Å²) in [6.07, 6.45) is 5.41. The van der Waals surface area contributed by atoms with Crippen LogP contribution in [0, 0.1) is 0 Å². The van der Waals surface area contributed by atoms with Crippen LogP contribution < -0.4 is 0 Å². The van der Waals surface area contributed by atoms with Crippen LogP contribution in [-0.4, -0.2) is 20.7 Å². The molecule has 12 heavy (non-hydrogen) atoms. The molecule has 3 aliphatic rings. The average Bonchev–Trinajstić information content (AvgIpc) is 2.71. The van der Waals surface area contributed by atoms with Crippen molar-refractivity contribution < 1.29 is 0 Å². The van der Waals surface area contributed by atoms with Crippen molar-refractivity contribution in [2.75, 3.05) is 0 Å². The van der Waals surface area contributed by atoms with E-state index in [0.29, 0.717) is 6.67 Å². The molecule has 0 aromatic rings. The second kappa shape index (κ2) is 1.91. The van der Waals surface area contributed by atoms with E-state index < -0.39 is 0 Å². The molecule has 0 aromatic carbocycles. The number of aromatic nitrogens is 3. The van der Waals surface area contributed by atoms with E-state index in [1.165, 1.54) is 0 Å². The van der Waals surface area contributed by atoms with Crippen LogP contribution in [0.15, 0.2) is 23.6 Å². The summed E-state index contributed by atoms with van der Waals surface area (Å²) in [5.74, 6) is 0.801. The quantitative estimate of drug-likeness (QED) is 0.568. The number of nitrogens with zero attached hydrogens (tertiary/aromatic N) is 4. The second-order valence-electron chi connectivity index (χ2n) is 2.73. The number of rotatable bonds is 0. The first kappa shape index (κ1) is 5.88. The van der Waals surface area contributed by atoms with Gasteiger partial charge in [0.1, 0.15) is 6.67 Å². The Morgan fingerprint density at radius 2 is 2.33 bits per heavy atom. The summed E-state index contributed by atoms with van der Waals surface area (Å²) in [4.78, 5) is 12.4. The molecule has 0 bridgehead atoms. The van der Waals surface area contributed by atoms with Crippen molar-refractivity contribution in [1.29, 1.82) is 0 Å². The zero-order valence-electron chi connectivity index (χ0n) is 6.31. The zero-order chi connectivity index (χ0) is 7.97. The first-order valence-electron chi connectivity index (χ1n) is 3.75. The Bertz CT molecular complexity index is 429. The Hall–Kier alpha value is -1.71. The van der Waals surface area contributed by atoms with Gasteiger partial charge in [-0.3, -0.25) is 4.99 Å². The van der Waals surface area contributed by atoms with E-state index in [1.54, 1.807) is 12.5 Å². The van der Waals surface area contributed by atoms with Gasteiger partial charge in [0.15, 0.2) is 5.82 Å². The van der Waals surface area contributed by atoms with E-state index in [2.05, 4.69) is 15.0 Å². The molecule has 0 saturated heterocycles. The van der Waals surface area contributed by atoms with Gasteiger partial charge >= 0.3 is 0 Å². The van der Waals surface area contributed by atoms with Crippen LogP contribution in [0.1, 0.15) is 5.69 Å². The number of aliphatic imine (C=N–C) groups is 1. The minimum absolute atomic E-state index is 0.684. The van der Waals surface area contributed by atoms with Gasteiger partial charge < -0.3 is 4.57 Å². The smallest absolute Gasteiger partial charge is 0.163 e. The molecule has 0 spiro atoms. The molecular formula is C8H6N4. The van der Waals surface area contributed by atoms with Gasteiger partial charge in [-0.2, -0.15) is 0 Å². The molecule has 0 fully saturated rings. The van der Waals surface area contributed by atoms with Crippen molar-refractivity contribution in [3.63, 3.8) is 0 Å². The van der Waals surface area contributed by atoms with Gasteiger partial charge in [-0.1, -0.05) is 0 Å². The fourth-order valence-electron chi connectivity index (χ4n) is 1.44. The molecule has 4 nitrogen and oxygen atoms in total. The molecule has 3 rings (SSSR count). The molecule has 3 heterocycles. The highest BCUT2D eigenvalue weighted by molar-refractivity contribution is 5.88. The Balaban J connectivity index is 2.43. The monoisotopic (exact) mass is 158 g/mol. The van der Waals surface area contributed by atoms with E-state index in [0.717, 1.165) is 17.1 Å². The van der Waals surface area contributed by atoms with Crippen molar-refractivity contribution in [2.24, 2.45) is 4.99 Å². The van der Waals surface area contributed by atoms with Crippen molar-refractivity contribution in [1.82, 2.24) is 14.5 Å². The highest BCUT2D eigenvalue weighted by atomic mass is 15.2. The van der Waals surface area contributed by atoms with E-state index in [4.69, 9.17) is 0 Å². The largest absolute Gasteiger partial charge is 0.310 e. The molecule has 58 valence electrons. The lowest BCUT2D eigenvalue weighted by molar-refractivity contribution is 0.735. The fourth-order valence-corrected chi connectivity index (χ4v) is 1.44. The molecule has 3 aliphatic heterocycles. The Morgan fingerprint density at radius 1 is 1.33 bits per heavy atom. The molecule has 0 aromatic heterocycles. The third kappa shape index (κ3) is 0.592. The van der Waals surface area contributed by atoms with Gasteiger partial charge in [0.05, 0.1) is 12.0 Å². The average molecular weight is 158 g/mol. The molecule has 0 amide bonds. The lowest BCUT2D eigenvalue weighted by atomic mass is 10.2. The summed E-state index contributed by atoms with van der Waals surface area (Å²) in [6, 6.07) is 1.96. The van der Waals surface area contributed by atoms with Crippen LogP contribution in [0.25, 0.3) is 11.4 Å². The maximum absolute atomic E-state index is 4.18. The van der Waals surface area contributed by atoms with Crippen LogP contribution in [-0.2, 0) is 6.67 Å². The molecule has 0 unspecified atom stereocenters. The van der Waals surface area contributed by atoms with Gasteiger partial charge in [0, 0.05) is 18.0 Å². The van der Waals surface area contributed by atoms with E-state index in [1.807, 2.05) is 16.8 Å². The van der Waals surface area contributed by atoms with Crippen molar-refractivity contribution in [3.8, 4) is 11.4 Å². The molecule has 0 radical (unpaired) electrons. The summed E-state index contributed by atoms with van der Waals surface area (Å²) in [5.41, 5.74) is 2.19. The van der Waals surface area contributed by atoms with Crippen LogP contribution in [0.4, 0.5) is 0 Å². The van der Waals surface area contributed by atoms with Gasteiger partial charge in [-0.25, -0.2) is 9.97 Å². The summed E-state index contributed by atoms with van der Waals surface area (Å²) in [6.45, 7) is 0.684. The molecule has 0 saturated carbocycles. The number of hydrogen-bond acceptors (Lipinski definition) is 3. The molecule has 4 heteroatoms. The minimum Gasteiger partial charge on any atom is -0.310 e. The lowest BCUT2D eigenvalue weighted by Crippen LogP contribution is -2.02. The SMILES string of the molecule is C1=NCn2cnc3nccc-3c21. The summed E-state index contributed by atoms with van der Waals surface area (Å²) < 4.78 is 2.00. The van der Waals surface area contributed by atoms with Crippen molar-refractivity contribution in [3.05, 3.63) is 24.3 Å².